The van der Waals surface area contributed by atoms with Crippen LogP contribution in [-0.2, 0) is 21.1 Å². The van der Waals surface area contributed by atoms with E-state index in [0.29, 0.717) is 0 Å². The van der Waals surface area contributed by atoms with Crippen molar-refractivity contribution >= 4 is 29.1 Å². The topological polar surface area (TPSA) is 38.9 Å². The molecule has 8 rings (SSSR count). The number of rotatable bonds is 2. The number of fused-ring (bicyclic) bond motifs is 11. The maximum atomic E-state index is 4.77. The van der Waals surface area contributed by atoms with Gasteiger partial charge < -0.3 is 4.81 Å². The van der Waals surface area contributed by atoms with Gasteiger partial charge in [-0.2, -0.15) is 22.3 Å². The second-order valence-corrected chi connectivity index (χ2v) is 10.8. The van der Waals surface area contributed by atoms with Crippen LogP contribution in [0.5, 0.6) is 0 Å². The second kappa shape index (κ2) is 9.46. The summed E-state index contributed by atoms with van der Waals surface area (Å²) in [7, 11) is 0. The van der Waals surface area contributed by atoms with E-state index in [4.69, 9.17) is 10.2 Å². The van der Waals surface area contributed by atoms with Crippen LogP contribution < -0.4 is 15.7 Å². The number of hydrogen-bond donors (Lipinski definition) is 0. The first-order valence-electron chi connectivity index (χ1n) is 13.7. The largest absolute Gasteiger partial charge is 2.00 e. The molecule has 0 fully saturated rings. The minimum Gasteiger partial charge on any atom is -0.418 e. The summed E-state index contributed by atoms with van der Waals surface area (Å²) in [6.45, 7) is 8.23. The summed E-state index contributed by atoms with van der Waals surface area (Å²) >= 11 is 0. The Bertz CT molecular complexity index is 1850. The molecule has 6 aromatic rings. The Hall–Kier alpha value is -4.15. The van der Waals surface area contributed by atoms with Crippen LogP contribution in [0.4, 0.5) is 11.4 Å². The zero-order valence-electron chi connectivity index (χ0n) is 23.2. The predicted molar refractivity (Wildman–Crippen MR) is 162 cm³/mol. The van der Waals surface area contributed by atoms with E-state index in [9.17, 15) is 0 Å². The third-order valence-corrected chi connectivity index (χ3v) is 8.13. The Balaban J connectivity index is 0.00000276. The fourth-order valence-electron chi connectivity index (χ4n) is 6.53. The van der Waals surface area contributed by atoms with Gasteiger partial charge in [0.05, 0.1) is 11.4 Å². The molecule has 41 heavy (non-hydrogen) atoms. The molecular formula is C34H26BN5Pt. The van der Waals surface area contributed by atoms with Crippen LogP contribution in [0.15, 0.2) is 84.9 Å². The molecule has 2 aliphatic heterocycles. The van der Waals surface area contributed by atoms with Crippen molar-refractivity contribution in [1.29, 1.82) is 0 Å². The van der Waals surface area contributed by atoms with Gasteiger partial charge in [0.2, 0.25) is 0 Å². The van der Waals surface area contributed by atoms with Gasteiger partial charge in [-0.3, -0.25) is 9.36 Å². The average Bonchev–Trinajstić information content (AvgIpc) is 3.50. The van der Waals surface area contributed by atoms with Crippen molar-refractivity contribution < 1.29 is 21.1 Å². The second-order valence-electron chi connectivity index (χ2n) is 10.8. The monoisotopic (exact) mass is 710 g/mol. The molecule has 0 spiro atoms. The summed E-state index contributed by atoms with van der Waals surface area (Å²) in [5, 5.41) is 9.54. The van der Waals surface area contributed by atoms with Crippen molar-refractivity contribution in [2.24, 2.45) is 0 Å². The van der Waals surface area contributed by atoms with E-state index in [2.05, 4.69) is 116 Å². The molecule has 2 aromatic heterocycles. The van der Waals surface area contributed by atoms with E-state index in [1.807, 2.05) is 23.2 Å². The molecule has 0 aliphatic carbocycles. The van der Waals surface area contributed by atoms with Gasteiger partial charge in [-0.1, -0.05) is 82.0 Å². The fourth-order valence-corrected chi connectivity index (χ4v) is 6.53. The molecule has 0 amide bonds. The molecule has 0 unspecified atom stereocenters. The van der Waals surface area contributed by atoms with Gasteiger partial charge in [0.1, 0.15) is 0 Å². The van der Waals surface area contributed by atoms with Crippen LogP contribution in [-0.4, -0.2) is 26.4 Å². The van der Waals surface area contributed by atoms with E-state index in [1.54, 1.807) is 0 Å². The number of aromatic nitrogens is 4. The Morgan fingerprint density at radius 2 is 1.00 bits per heavy atom. The summed E-state index contributed by atoms with van der Waals surface area (Å²) in [6, 6.07) is 38.0. The molecule has 0 saturated carbocycles. The van der Waals surface area contributed by atoms with E-state index in [-0.39, 0.29) is 27.9 Å². The molecule has 5 nitrogen and oxygen atoms in total. The van der Waals surface area contributed by atoms with Crippen molar-refractivity contribution in [3.05, 3.63) is 120 Å². The molecular weight excluding hydrogens is 684 g/mol. The Morgan fingerprint density at radius 1 is 0.561 bits per heavy atom. The van der Waals surface area contributed by atoms with Crippen molar-refractivity contribution in [1.82, 2.24) is 19.6 Å². The van der Waals surface area contributed by atoms with Gasteiger partial charge in [0.15, 0.2) is 0 Å². The quantitative estimate of drug-likeness (QED) is 0.169. The SMILES string of the molecule is Cc1cc(C)n(-c2[c-]c3c(cc2)-c2ccccc2B2c4ccccc4-c4ccc(-n5nc(C)cc5C)[c-]c4N23)n1.[Pt+2]. The summed E-state index contributed by atoms with van der Waals surface area (Å²) in [5.41, 5.74) is 15.4. The fraction of sp³-hybridized carbons (Fsp3) is 0.118. The van der Waals surface area contributed by atoms with E-state index in [0.717, 1.165) is 56.7 Å². The first-order chi connectivity index (χ1) is 19.5. The van der Waals surface area contributed by atoms with Crippen molar-refractivity contribution in [2.45, 2.75) is 27.7 Å². The molecule has 4 aromatic carbocycles. The number of anilines is 2. The van der Waals surface area contributed by atoms with Crippen LogP contribution in [0.25, 0.3) is 33.6 Å². The van der Waals surface area contributed by atoms with E-state index < -0.39 is 0 Å². The molecule has 7 heteroatoms. The van der Waals surface area contributed by atoms with Gasteiger partial charge in [0, 0.05) is 11.4 Å². The number of hydrogen-bond acceptors (Lipinski definition) is 3. The summed E-state index contributed by atoms with van der Waals surface area (Å²) < 4.78 is 3.97. The molecule has 4 heterocycles. The zero-order chi connectivity index (χ0) is 27.1. The Labute approximate surface area is 254 Å². The molecule has 0 atom stereocenters. The third kappa shape index (κ3) is 3.81. The van der Waals surface area contributed by atoms with Crippen LogP contribution in [0.1, 0.15) is 22.8 Å². The molecule has 0 saturated heterocycles. The maximum absolute atomic E-state index is 4.77. The molecule has 0 N–H and O–H groups in total. The summed E-state index contributed by atoms with van der Waals surface area (Å²) in [6.07, 6.45) is 0. The molecule has 0 radical (unpaired) electrons. The van der Waals surface area contributed by atoms with Gasteiger partial charge in [-0.25, -0.2) is 0 Å². The van der Waals surface area contributed by atoms with Crippen LogP contribution in [0, 0.1) is 39.8 Å². The Morgan fingerprint density at radius 3 is 1.41 bits per heavy atom. The number of nitrogens with zero attached hydrogens (tertiary/aromatic N) is 5. The Kier molecular flexibility index (Phi) is 5.95. The van der Waals surface area contributed by atoms with Crippen molar-refractivity contribution in [2.75, 3.05) is 4.81 Å². The van der Waals surface area contributed by atoms with Crippen LogP contribution in [0.2, 0.25) is 0 Å². The van der Waals surface area contributed by atoms with Gasteiger partial charge in [0.25, 0.3) is 0 Å². The first-order valence-corrected chi connectivity index (χ1v) is 13.7. The van der Waals surface area contributed by atoms with Crippen molar-refractivity contribution in [3.8, 4) is 33.6 Å². The minimum atomic E-state index is -0.00805. The number of aryl methyl sites for hydroxylation is 4. The average molecular weight is 711 g/mol. The molecule has 0 bridgehead atoms. The maximum Gasteiger partial charge on any atom is 2.00 e. The van der Waals surface area contributed by atoms with E-state index in [1.165, 1.54) is 22.1 Å². The smallest absolute Gasteiger partial charge is 0.418 e. The van der Waals surface area contributed by atoms with Crippen LogP contribution >= 0.6 is 0 Å². The van der Waals surface area contributed by atoms with Crippen molar-refractivity contribution in [3.63, 3.8) is 0 Å². The minimum absolute atomic E-state index is 0. The zero-order valence-corrected chi connectivity index (χ0v) is 25.5. The molecule has 2 aliphatic rings. The number of benzene rings is 4. The van der Waals surface area contributed by atoms with Crippen LogP contribution in [0.3, 0.4) is 0 Å². The van der Waals surface area contributed by atoms with Gasteiger partial charge >= 0.3 is 27.9 Å². The summed E-state index contributed by atoms with van der Waals surface area (Å²) in [4.78, 5) is 2.43. The predicted octanol–water partition coefficient (Wildman–Crippen LogP) is 5.79. The third-order valence-electron chi connectivity index (χ3n) is 8.13. The normalized spacial score (nSPS) is 12.6. The van der Waals surface area contributed by atoms with E-state index >= 15 is 0 Å². The molecule has 200 valence electrons. The standard InChI is InChI=1S/C34H26BN5.Pt/c1-21-17-23(3)39(36-21)25-13-15-29-27-9-5-7-11-31(27)35-32-12-8-6-10-28(32)30-16-14-26(40-24(4)18-22(2)37-40)20-34(30)38(35)33(29)19-25;/h5-18H,1-4H3;/q-2;+2. The first kappa shape index (κ1) is 25.8. The van der Waals surface area contributed by atoms with Gasteiger partial charge in [-0.15, -0.1) is 35.4 Å². The van der Waals surface area contributed by atoms with Gasteiger partial charge in [-0.05, 0) is 51.2 Å². The summed E-state index contributed by atoms with van der Waals surface area (Å²) in [5.74, 6) is 0.